The number of hydrogen-bond acceptors (Lipinski definition) is 2. The maximum Gasteiger partial charge on any atom is 0.0363 e. The fraction of sp³-hybridized carbons (Fsp3) is 0.600. The van der Waals surface area contributed by atoms with E-state index in [0.29, 0.717) is 6.04 Å². The number of nitrogens with zero attached hydrogens (tertiary/aromatic N) is 1. The lowest BCUT2D eigenvalue weighted by Gasteiger charge is -2.20. The molecule has 1 N–H and O–H groups in total. The first-order valence-electron chi connectivity index (χ1n) is 6.77. The van der Waals surface area contributed by atoms with Gasteiger partial charge in [-0.2, -0.15) is 0 Å². The average molecular weight is 234 g/mol. The third-order valence-corrected chi connectivity index (χ3v) is 3.26. The molecule has 0 fully saturated rings. The van der Waals surface area contributed by atoms with E-state index in [-0.39, 0.29) is 0 Å². The zero-order valence-corrected chi connectivity index (χ0v) is 11.7. The Morgan fingerprint density at radius 1 is 1.12 bits per heavy atom. The predicted octanol–water partition coefficient (Wildman–Crippen LogP) is 3.59. The van der Waals surface area contributed by atoms with E-state index in [1.807, 2.05) is 0 Å². The maximum atomic E-state index is 3.58. The Hall–Kier alpha value is -1.02. The smallest absolute Gasteiger partial charge is 0.0363 e. The molecule has 2 nitrogen and oxygen atoms in total. The van der Waals surface area contributed by atoms with Crippen molar-refractivity contribution in [2.24, 2.45) is 0 Å². The summed E-state index contributed by atoms with van der Waals surface area (Å²) in [5.74, 6) is 0. The van der Waals surface area contributed by atoms with Crippen LogP contribution in [-0.4, -0.2) is 20.1 Å². The van der Waals surface area contributed by atoms with Crippen molar-refractivity contribution in [1.29, 1.82) is 0 Å². The van der Waals surface area contributed by atoms with Gasteiger partial charge in [-0.1, -0.05) is 26.0 Å². The first-order chi connectivity index (χ1) is 8.22. The van der Waals surface area contributed by atoms with Gasteiger partial charge in [0, 0.05) is 25.3 Å². The van der Waals surface area contributed by atoms with E-state index < -0.39 is 0 Å². The highest BCUT2D eigenvalue weighted by atomic mass is 15.1. The second-order valence-corrected chi connectivity index (χ2v) is 4.52. The van der Waals surface area contributed by atoms with E-state index in [9.17, 15) is 0 Å². The first-order valence-corrected chi connectivity index (χ1v) is 6.77. The van der Waals surface area contributed by atoms with Crippen molar-refractivity contribution in [1.82, 2.24) is 5.32 Å². The van der Waals surface area contributed by atoms with Crippen molar-refractivity contribution in [3.8, 4) is 0 Å². The van der Waals surface area contributed by atoms with Gasteiger partial charge in [0.2, 0.25) is 0 Å². The normalized spacial score (nSPS) is 12.5. The molecule has 2 heteroatoms. The van der Waals surface area contributed by atoms with Crippen LogP contribution in [0.25, 0.3) is 0 Å². The molecule has 1 atom stereocenters. The number of hydrogen-bond donors (Lipinski definition) is 1. The molecule has 0 radical (unpaired) electrons. The molecule has 0 heterocycles. The highest BCUT2D eigenvalue weighted by Gasteiger charge is 2.08. The summed E-state index contributed by atoms with van der Waals surface area (Å²) in [6, 6.07) is 9.43. The fourth-order valence-corrected chi connectivity index (χ4v) is 1.96. The van der Waals surface area contributed by atoms with Crippen LogP contribution in [0, 0.1) is 0 Å². The summed E-state index contributed by atoms with van der Waals surface area (Å²) in [6.07, 6.45) is 2.33. The predicted molar refractivity (Wildman–Crippen MR) is 76.7 cm³/mol. The quantitative estimate of drug-likeness (QED) is 0.775. The topological polar surface area (TPSA) is 15.3 Å². The molecular weight excluding hydrogens is 208 g/mol. The van der Waals surface area contributed by atoms with Crippen LogP contribution in [0.4, 0.5) is 5.69 Å². The van der Waals surface area contributed by atoms with E-state index >= 15 is 0 Å². The van der Waals surface area contributed by atoms with Crippen molar-refractivity contribution in [3.63, 3.8) is 0 Å². The van der Waals surface area contributed by atoms with E-state index in [4.69, 9.17) is 0 Å². The summed E-state index contributed by atoms with van der Waals surface area (Å²) in [4.78, 5) is 2.25. The van der Waals surface area contributed by atoms with Crippen LogP contribution in [0.15, 0.2) is 24.3 Å². The molecule has 0 aromatic heterocycles. The Bertz CT molecular complexity index is 305. The molecule has 1 rings (SSSR count). The van der Waals surface area contributed by atoms with Crippen molar-refractivity contribution in [2.75, 3.05) is 25.0 Å². The second-order valence-electron chi connectivity index (χ2n) is 4.52. The Balaban J connectivity index is 2.70. The lowest BCUT2D eigenvalue weighted by atomic mass is 10.0. The van der Waals surface area contributed by atoms with Gasteiger partial charge in [-0.15, -0.1) is 0 Å². The summed E-state index contributed by atoms with van der Waals surface area (Å²) in [5, 5.41) is 3.58. The number of benzene rings is 1. The SMILES string of the molecule is CCCNC(CC)c1ccc(N(C)CC)cc1. The van der Waals surface area contributed by atoms with Gasteiger partial charge >= 0.3 is 0 Å². The van der Waals surface area contributed by atoms with Crippen LogP contribution in [0.2, 0.25) is 0 Å². The largest absolute Gasteiger partial charge is 0.375 e. The van der Waals surface area contributed by atoms with Gasteiger partial charge in [0.15, 0.2) is 0 Å². The van der Waals surface area contributed by atoms with E-state index in [0.717, 1.165) is 19.5 Å². The first kappa shape index (κ1) is 14.0. The van der Waals surface area contributed by atoms with Gasteiger partial charge < -0.3 is 10.2 Å². The summed E-state index contributed by atoms with van der Waals surface area (Å²) in [5.41, 5.74) is 2.69. The third-order valence-electron chi connectivity index (χ3n) is 3.26. The second kappa shape index (κ2) is 7.33. The summed E-state index contributed by atoms with van der Waals surface area (Å²) in [6.45, 7) is 8.75. The fourth-order valence-electron chi connectivity index (χ4n) is 1.96. The molecule has 0 saturated carbocycles. The monoisotopic (exact) mass is 234 g/mol. The van der Waals surface area contributed by atoms with Crippen LogP contribution in [0.3, 0.4) is 0 Å². The highest BCUT2D eigenvalue weighted by Crippen LogP contribution is 2.20. The molecule has 1 unspecified atom stereocenters. The molecular formula is C15H26N2. The molecule has 0 aliphatic carbocycles. The molecule has 96 valence electrons. The Morgan fingerprint density at radius 3 is 2.24 bits per heavy atom. The van der Waals surface area contributed by atoms with E-state index in [1.165, 1.54) is 17.7 Å². The van der Waals surface area contributed by atoms with Crippen molar-refractivity contribution in [2.45, 2.75) is 39.7 Å². The zero-order valence-electron chi connectivity index (χ0n) is 11.7. The summed E-state index contributed by atoms with van der Waals surface area (Å²) >= 11 is 0. The highest BCUT2D eigenvalue weighted by molar-refractivity contribution is 5.47. The van der Waals surface area contributed by atoms with Crippen molar-refractivity contribution < 1.29 is 0 Å². The van der Waals surface area contributed by atoms with Crippen LogP contribution in [-0.2, 0) is 0 Å². The lowest BCUT2D eigenvalue weighted by Crippen LogP contribution is -2.21. The van der Waals surface area contributed by atoms with Gasteiger partial charge in [0.05, 0.1) is 0 Å². The van der Waals surface area contributed by atoms with Crippen molar-refractivity contribution >= 4 is 5.69 Å². The van der Waals surface area contributed by atoms with Crippen LogP contribution < -0.4 is 10.2 Å². The number of anilines is 1. The van der Waals surface area contributed by atoms with Gasteiger partial charge in [0.25, 0.3) is 0 Å². The lowest BCUT2D eigenvalue weighted by molar-refractivity contribution is 0.518. The Morgan fingerprint density at radius 2 is 1.76 bits per heavy atom. The molecule has 17 heavy (non-hydrogen) atoms. The molecule has 0 aliphatic rings. The summed E-state index contributed by atoms with van der Waals surface area (Å²) < 4.78 is 0. The van der Waals surface area contributed by atoms with Gasteiger partial charge in [-0.25, -0.2) is 0 Å². The average Bonchev–Trinajstić information content (AvgIpc) is 2.39. The van der Waals surface area contributed by atoms with E-state index in [2.05, 4.69) is 62.3 Å². The van der Waals surface area contributed by atoms with Gasteiger partial charge in [0.1, 0.15) is 0 Å². The van der Waals surface area contributed by atoms with Gasteiger partial charge in [-0.05, 0) is 44.0 Å². The number of nitrogens with one attached hydrogen (secondary N) is 1. The molecule has 0 bridgehead atoms. The summed E-state index contributed by atoms with van der Waals surface area (Å²) in [7, 11) is 2.13. The number of rotatable bonds is 7. The minimum Gasteiger partial charge on any atom is -0.375 e. The van der Waals surface area contributed by atoms with Crippen LogP contribution in [0.5, 0.6) is 0 Å². The maximum absolute atomic E-state index is 3.58. The molecule has 0 spiro atoms. The third kappa shape index (κ3) is 4.04. The molecule has 1 aromatic carbocycles. The Kier molecular flexibility index (Phi) is 6.06. The van der Waals surface area contributed by atoms with Crippen LogP contribution >= 0.6 is 0 Å². The minimum atomic E-state index is 0.496. The molecule has 1 aromatic rings. The van der Waals surface area contributed by atoms with Crippen molar-refractivity contribution in [3.05, 3.63) is 29.8 Å². The van der Waals surface area contributed by atoms with E-state index in [1.54, 1.807) is 0 Å². The Labute approximate surface area is 106 Å². The van der Waals surface area contributed by atoms with Gasteiger partial charge in [-0.3, -0.25) is 0 Å². The molecule has 0 saturated heterocycles. The standard InChI is InChI=1S/C15H26N2/c1-5-12-16-15(6-2)13-8-10-14(11-9-13)17(4)7-3/h8-11,15-16H,5-7,12H2,1-4H3. The minimum absolute atomic E-state index is 0.496. The molecule has 0 amide bonds. The zero-order chi connectivity index (χ0) is 12.7. The van der Waals surface area contributed by atoms with Crippen LogP contribution in [0.1, 0.15) is 45.2 Å². The molecule has 0 aliphatic heterocycles.